The van der Waals surface area contributed by atoms with Gasteiger partial charge in [-0.1, -0.05) is 6.42 Å². The summed E-state index contributed by atoms with van der Waals surface area (Å²) in [6.45, 7) is 0.553. The lowest BCUT2D eigenvalue weighted by Gasteiger charge is -2.24. The molecule has 1 aromatic rings. The molecule has 4 heteroatoms. The lowest BCUT2D eigenvalue weighted by molar-refractivity contribution is 0.368. The van der Waals surface area contributed by atoms with Crippen LogP contribution in [-0.4, -0.2) is 26.8 Å². The van der Waals surface area contributed by atoms with Crippen LogP contribution >= 0.6 is 0 Å². The van der Waals surface area contributed by atoms with Crippen molar-refractivity contribution in [1.82, 2.24) is 5.32 Å². The highest BCUT2D eigenvalue weighted by atomic mass is 19.1. The number of ether oxygens (including phenoxy) is 2. The molecule has 0 radical (unpaired) electrons. The van der Waals surface area contributed by atoms with Crippen LogP contribution in [0.15, 0.2) is 12.1 Å². The number of hydrogen-bond acceptors (Lipinski definition) is 3. The highest BCUT2D eigenvalue weighted by molar-refractivity contribution is 5.46. The van der Waals surface area contributed by atoms with E-state index in [0.29, 0.717) is 17.4 Å². The fourth-order valence-electron chi connectivity index (χ4n) is 2.66. The van der Waals surface area contributed by atoms with Crippen LogP contribution in [-0.2, 0) is 13.1 Å². The van der Waals surface area contributed by atoms with Gasteiger partial charge in [-0.25, -0.2) is 4.39 Å². The zero-order chi connectivity index (χ0) is 13.7. The molecular formula is C15H22FNO2. The van der Waals surface area contributed by atoms with Gasteiger partial charge in [-0.3, -0.25) is 0 Å². The number of methoxy groups -OCH3 is 2. The minimum absolute atomic E-state index is 0.462. The molecule has 106 valence electrons. The van der Waals surface area contributed by atoms with Gasteiger partial charge in [0.15, 0.2) is 0 Å². The van der Waals surface area contributed by atoms with E-state index in [9.17, 15) is 4.39 Å². The molecule has 1 aliphatic heterocycles. The predicted octanol–water partition coefficient (Wildman–Crippen LogP) is 2.86. The normalized spacial score (nSPS) is 19.2. The van der Waals surface area contributed by atoms with Gasteiger partial charge < -0.3 is 14.8 Å². The summed E-state index contributed by atoms with van der Waals surface area (Å²) in [5.74, 6) is 1.33. The summed E-state index contributed by atoms with van der Waals surface area (Å²) in [7, 11) is 3.19. The van der Waals surface area contributed by atoms with E-state index in [1.807, 2.05) is 6.07 Å². The molecule has 0 aromatic heterocycles. The zero-order valence-electron chi connectivity index (χ0n) is 11.7. The Morgan fingerprint density at radius 2 is 1.89 bits per heavy atom. The van der Waals surface area contributed by atoms with Gasteiger partial charge in [0.05, 0.1) is 14.2 Å². The molecular weight excluding hydrogens is 245 g/mol. The summed E-state index contributed by atoms with van der Waals surface area (Å²) in [4.78, 5) is 0. The molecule has 0 saturated carbocycles. The first-order chi connectivity index (χ1) is 9.28. The van der Waals surface area contributed by atoms with Crippen LogP contribution in [0, 0.1) is 0 Å². The van der Waals surface area contributed by atoms with Gasteiger partial charge in [-0.2, -0.15) is 0 Å². The van der Waals surface area contributed by atoms with Gasteiger partial charge in [-0.15, -0.1) is 0 Å². The second-order valence-electron chi connectivity index (χ2n) is 4.96. The number of piperidine rings is 1. The van der Waals surface area contributed by atoms with E-state index in [1.54, 1.807) is 20.3 Å². The second kappa shape index (κ2) is 6.75. The van der Waals surface area contributed by atoms with E-state index in [-0.39, 0.29) is 0 Å². The Labute approximate surface area is 114 Å². The fraction of sp³-hybridized carbons (Fsp3) is 0.600. The Morgan fingerprint density at radius 1 is 1.16 bits per heavy atom. The molecule has 0 spiro atoms. The molecule has 1 atom stereocenters. The summed E-state index contributed by atoms with van der Waals surface area (Å²) < 4.78 is 23.6. The minimum Gasteiger partial charge on any atom is -0.496 e. The van der Waals surface area contributed by atoms with Crippen molar-refractivity contribution < 1.29 is 13.9 Å². The minimum atomic E-state index is -0.516. The van der Waals surface area contributed by atoms with E-state index in [1.165, 1.54) is 19.3 Å². The van der Waals surface area contributed by atoms with Gasteiger partial charge >= 0.3 is 0 Å². The van der Waals surface area contributed by atoms with Gasteiger partial charge in [0.1, 0.15) is 18.2 Å². The van der Waals surface area contributed by atoms with Crippen molar-refractivity contribution >= 4 is 0 Å². The first-order valence-electron chi connectivity index (χ1n) is 6.81. The molecule has 0 amide bonds. The van der Waals surface area contributed by atoms with Crippen LogP contribution in [0.3, 0.4) is 0 Å². The molecule has 1 N–H and O–H groups in total. The van der Waals surface area contributed by atoms with E-state index < -0.39 is 6.67 Å². The highest BCUT2D eigenvalue weighted by Gasteiger charge is 2.17. The lowest BCUT2D eigenvalue weighted by Crippen LogP contribution is -2.35. The largest absolute Gasteiger partial charge is 0.496 e. The van der Waals surface area contributed by atoms with Crippen LogP contribution < -0.4 is 14.8 Å². The Hall–Kier alpha value is -1.29. The summed E-state index contributed by atoms with van der Waals surface area (Å²) in [6, 6.07) is 4.12. The third-order valence-electron chi connectivity index (χ3n) is 3.71. The van der Waals surface area contributed by atoms with E-state index in [0.717, 1.165) is 24.3 Å². The van der Waals surface area contributed by atoms with Gasteiger partial charge in [0.2, 0.25) is 0 Å². The Kier molecular flexibility index (Phi) is 5.02. The fourth-order valence-corrected chi connectivity index (χ4v) is 2.66. The van der Waals surface area contributed by atoms with Crippen molar-refractivity contribution in [3.63, 3.8) is 0 Å². The number of rotatable bonds is 5. The van der Waals surface area contributed by atoms with Crippen LogP contribution in [0.1, 0.15) is 30.4 Å². The van der Waals surface area contributed by atoms with Gasteiger partial charge in [0, 0.05) is 17.7 Å². The topological polar surface area (TPSA) is 30.5 Å². The molecule has 0 aliphatic carbocycles. The number of benzene rings is 1. The zero-order valence-corrected chi connectivity index (χ0v) is 11.7. The van der Waals surface area contributed by atoms with Crippen molar-refractivity contribution in [3.05, 3.63) is 23.3 Å². The average molecular weight is 267 g/mol. The first kappa shape index (κ1) is 14.1. The highest BCUT2D eigenvalue weighted by Crippen LogP contribution is 2.31. The smallest absolute Gasteiger partial charge is 0.128 e. The third kappa shape index (κ3) is 3.38. The Bertz CT molecular complexity index is 417. The second-order valence-corrected chi connectivity index (χ2v) is 4.96. The van der Waals surface area contributed by atoms with Crippen LogP contribution in [0.4, 0.5) is 4.39 Å². The van der Waals surface area contributed by atoms with Crippen LogP contribution in [0.25, 0.3) is 0 Å². The van der Waals surface area contributed by atoms with Gasteiger partial charge in [0.25, 0.3) is 0 Å². The quantitative estimate of drug-likeness (QED) is 0.890. The van der Waals surface area contributed by atoms with E-state index in [4.69, 9.17) is 9.47 Å². The number of alkyl halides is 1. The maximum Gasteiger partial charge on any atom is 0.128 e. The summed E-state index contributed by atoms with van der Waals surface area (Å²) in [6.07, 6.45) is 4.54. The predicted molar refractivity (Wildman–Crippen MR) is 73.7 cm³/mol. The molecule has 1 heterocycles. The third-order valence-corrected chi connectivity index (χ3v) is 3.71. The Morgan fingerprint density at radius 3 is 2.47 bits per heavy atom. The molecule has 3 nitrogen and oxygen atoms in total. The standard InChI is InChI=1S/C15H22FNO2/c1-18-14-9-15(19-2)12(10-16)7-11(14)8-13-5-3-4-6-17-13/h7,9,13,17H,3-6,8,10H2,1-2H3. The number of hydrogen-bond donors (Lipinski definition) is 1. The SMILES string of the molecule is COc1cc(OC)c(CC2CCCCN2)cc1CF. The average Bonchev–Trinajstić information content (AvgIpc) is 2.47. The maximum absolute atomic E-state index is 13.0. The summed E-state index contributed by atoms with van der Waals surface area (Å²) in [5.41, 5.74) is 1.64. The van der Waals surface area contributed by atoms with E-state index >= 15 is 0 Å². The van der Waals surface area contributed by atoms with Crippen molar-refractivity contribution in [2.45, 2.75) is 38.4 Å². The summed E-state index contributed by atoms with van der Waals surface area (Å²) in [5, 5.41) is 3.50. The molecule has 1 fully saturated rings. The molecule has 1 saturated heterocycles. The van der Waals surface area contributed by atoms with Crippen molar-refractivity contribution in [2.75, 3.05) is 20.8 Å². The molecule has 19 heavy (non-hydrogen) atoms. The van der Waals surface area contributed by atoms with E-state index in [2.05, 4.69) is 5.32 Å². The van der Waals surface area contributed by atoms with Crippen LogP contribution in [0.5, 0.6) is 11.5 Å². The lowest BCUT2D eigenvalue weighted by atomic mass is 9.96. The Balaban J connectivity index is 2.21. The maximum atomic E-state index is 13.0. The number of nitrogens with one attached hydrogen (secondary N) is 1. The number of halogens is 1. The van der Waals surface area contributed by atoms with Gasteiger partial charge in [-0.05, 0) is 37.4 Å². The molecule has 0 bridgehead atoms. The monoisotopic (exact) mass is 267 g/mol. The van der Waals surface area contributed by atoms with Crippen LogP contribution in [0.2, 0.25) is 0 Å². The molecule has 2 rings (SSSR count). The van der Waals surface area contributed by atoms with Crippen molar-refractivity contribution in [3.8, 4) is 11.5 Å². The first-order valence-corrected chi connectivity index (χ1v) is 6.81. The van der Waals surface area contributed by atoms with Crippen molar-refractivity contribution in [2.24, 2.45) is 0 Å². The molecule has 1 aromatic carbocycles. The molecule has 1 unspecified atom stereocenters. The molecule has 1 aliphatic rings. The summed E-state index contributed by atoms with van der Waals surface area (Å²) >= 11 is 0. The van der Waals surface area contributed by atoms with Crippen molar-refractivity contribution in [1.29, 1.82) is 0 Å².